The van der Waals surface area contributed by atoms with E-state index in [-0.39, 0.29) is 23.6 Å². The molecule has 3 heterocycles. The maximum absolute atomic E-state index is 14.4. The molecule has 0 bridgehead atoms. The highest BCUT2D eigenvalue weighted by Gasteiger charge is 2.50. The molecule has 65 heavy (non-hydrogen) atoms. The molecule has 1 aromatic rings. The van der Waals surface area contributed by atoms with Gasteiger partial charge in [-0.05, 0) is 45.4 Å². The number of phenolic OH excluding ortho intramolecular Hbond substituents is 1. The predicted octanol–water partition coefficient (Wildman–Crippen LogP) is -4.64. The monoisotopic (exact) mass is 920 g/mol. The molecular weight excluding hydrogens is 860 g/mol. The van der Waals surface area contributed by atoms with E-state index in [1.54, 1.807) is 0 Å². The van der Waals surface area contributed by atoms with Gasteiger partial charge in [0.25, 0.3) is 0 Å². The molecule has 0 saturated carbocycles. The van der Waals surface area contributed by atoms with Crippen LogP contribution < -0.4 is 31.3 Å². The zero-order valence-corrected chi connectivity index (χ0v) is 36.8. The van der Waals surface area contributed by atoms with Crippen LogP contribution in [0.2, 0.25) is 0 Å². The molecule has 24 heteroatoms. The number of hydrogen-bond acceptors (Lipinski definition) is 16. The number of fused-ring (bicyclic) bond motifs is 2. The molecule has 1 unspecified atom stereocenters. The van der Waals surface area contributed by atoms with Crippen molar-refractivity contribution in [2.75, 3.05) is 33.3 Å². The minimum absolute atomic E-state index is 0.0149. The number of alkyl carbamates (subject to hydrolysis) is 1. The fourth-order valence-electron chi connectivity index (χ4n) is 7.78. The Balaban J connectivity index is 1.84. The average molecular weight is 921 g/mol. The molecule has 13 atom stereocenters. The fraction of sp³-hybridized carbons (Fsp3) is 0.659. The predicted molar refractivity (Wildman–Crippen MR) is 223 cm³/mol. The summed E-state index contributed by atoms with van der Waals surface area (Å²) in [6.07, 6.45) is -12.8. The summed E-state index contributed by atoms with van der Waals surface area (Å²) in [4.78, 5) is 102. The first-order chi connectivity index (χ1) is 30.4. The van der Waals surface area contributed by atoms with E-state index in [1.807, 2.05) is 0 Å². The number of hydrogen-bond donors (Lipinski definition) is 12. The molecule has 0 aromatic heterocycles. The van der Waals surface area contributed by atoms with E-state index in [9.17, 15) is 69.3 Å². The van der Waals surface area contributed by atoms with E-state index in [1.165, 1.54) is 53.0 Å². The number of amides is 7. The summed E-state index contributed by atoms with van der Waals surface area (Å²) < 4.78 is 10.4. The maximum atomic E-state index is 14.4. The van der Waals surface area contributed by atoms with E-state index < -0.39 is 165 Å². The van der Waals surface area contributed by atoms with Gasteiger partial charge in [-0.3, -0.25) is 28.8 Å². The van der Waals surface area contributed by atoms with Gasteiger partial charge in [-0.15, -0.1) is 0 Å². The lowest BCUT2D eigenvalue weighted by atomic mass is 9.99. The first-order valence-corrected chi connectivity index (χ1v) is 20.9. The Bertz CT molecular complexity index is 1970. The van der Waals surface area contributed by atoms with Gasteiger partial charge >= 0.3 is 6.09 Å². The number of aliphatic hydroxyl groups is 6. The Hall–Kier alpha value is -5.84. The zero-order chi connectivity index (χ0) is 48.7. The van der Waals surface area contributed by atoms with Gasteiger partial charge in [0.2, 0.25) is 42.0 Å². The third kappa shape index (κ3) is 13.1. The summed E-state index contributed by atoms with van der Waals surface area (Å²) >= 11 is 0. The minimum atomic E-state index is -2.04. The van der Waals surface area contributed by atoms with Crippen LogP contribution in [-0.2, 0) is 39.9 Å². The molecular formula is C41H60N8O16. The van der Waals surface area contributed by atoms with Gasteiger partial charge in [0, 0.05) is 44.8 Å². The molecule has 0 aliphatic carbocycles. The molecule has 12 N–H and O–H groups in total. The second kappa shape index (κ2) is 21.9. The van der Waals surface area contributed by atoms with Gasteiger partial charge in [-0.1, -0.05) is 13.0 Å². The van der Waals surface area contributed by atoms with Crippen molar-refractivity contribution in [1.82, 2.24) is 36.4 Å². The van der Waals surface area contributed by atoms with E-state index in [2.05, 4.69) is 31.4 Å². The number of ether oxygens (including phenoxy) is 2. The lowest BCUT2D eigenvalue weighted by Gasteiger charge is -2.33. The second-order valence-electron chi connectivity index (χ2n) is 17.5. The number of nitrogens with zero attached hydrogens (tertiary/aromatic N) is 3. The van der Waals surface area contributed by atoms with Crippen molar-refractivity contribution in [2.45, 2.75) is 132 Å². The highest BCUT2D eigenvalue weighted by atomic mass is 16.6. The van der Waals surface area contributed by atoms with Crippen LogP contribution in [0.4, 0.5) is 4.79 Å². The number of carbonyl (C=O) groups is 7. The summed E-state index contributed by atoms with van der Waals surface area (Å²) in [5.74, 6) is -7.96. The number of phenols is 1. The molecule has 3 fully saturated rings. The lowest BCUT2D eigenvalue weighted by molar-refractivity contribution is -0.147. The van der Waals surface area contributed by atoms with Gasteiger partial charge in [-0.25, -0.2) is 11.4 Å². The molecule has 360 valence electrons. The Morgan fingerprint density at radius 2 is 1.51 bits per heavy atom. The van der Waals surface area contributed by atoms with Gasteiger partial charge in [-0.2, -0.15) is 0 Å². The van der Waals surface area contributed by atoms with E-state index in [4.69, 9.17) is 16.0 Å². The Kier molecular flexibility index (Phi) is 17.4. The van der Waals surface area contributed by atoms with Crippen molar-refractivity contribution in [3.63, 3.8) is 0 Å². The van der Waals surface area contributed by atoms with Crippen molar-refractivity contribution < 1.29 is 78.8 Å². The van der Waals surface area contributed by atoms with Crippen molar-refractivity contribution in [3.8, 4) is 11.5 Å². The van der Waals surface area contributed by atoms with Crippen LogP contribution in [0.25, 0.3) is 4.85 Å². The van der Waals surface area contributed by atoms with Crippen molar-refractivity contribution in [1.29, 1.82) is 0 Å². The number of aliphatic hydroxyl groups excluding tert-OH is 6. The van der Waals surface area contributed by atoms with Crippen LogP contribution in [0, 0.1) is 12.5 Å². The summed E-state index contributed by atoms with van der Waals surface area (Å²) in [5.41, 5.74) is -0.801. The summed E-state index contributed by atoms with van der Waals surface area (Å²) in [5, 5.41) is 88.4. The topological polar surface area (TPSA) is 351 Å². The summed E-state index contributed by atoms with van der Waals surface area (Å²) in [6, 6.07) is -7.06. The Morgan fingerprint density at radius 3 is 2.12 bits per heavy atom. The number of β-amino-alcohol motifs (C(OH)–C–C–N with tert-alkyl or cyclic N) is 1. The van der Waals surface area contributed by atoms with Crippen molar-refractivity contribution in [2.24, 2.45) is 5.92 Å². The lowest BCUT2D eigenvalue weighted by Crippen LogP contribution is -2.64. The highest BCUT2D eigenvalue weighted by molar-refractivity contribution is 5.98. The molecule has 3 aliphatic rings. The Morgan fingerprint density at radius 1 is 0.877 bits per heavy atom. The van der Waals surface area contributed by atoms with Gasteiger partial charge in [0.15, 0.2) is 17.6 Å². The third-order valence-electron chi connectivity index (χ3n) is 11.1. The number of aromatic hydroxyl groups is 1. The van der Waals surface area contributed by atoms with Crippen LogP contribution in [0.1, 0.15) is 53.0 Å². The van der Waals surface area contributed by atoms with Crippen LogP contribution in [0.3, 0.4) is 0 Å². The summed E-state index contributed by atoms with van der Waals surface area (Å²) in [6.45, 7) is 12.3. The van der Waals surface area contributed by atoms with Gasteiger partial charge in [0.05, 0.1) is 37.6 Å². The number of benzene rings is 1. The third-order valence-corrected chi connectivity index (χ3v) is 11.1. The minimum Gasteiger partial charge on any atom is -0.504 e. The van der Waals surface area contributed by atoms with Gasteiger partial charge < -0.3 is 86.4 Å². The molecule has 4 rings (SSSR count). The van der Waals surface area contributed by atoms with Crippen molar-refractivity contribution >= 4 is 41.5 Å². The van der Waals surface area contributed by atoms with Crippen molar-refractivity contribution in [3.05, 3.63) is 35.2 Å². The molecule has 0 spiro atoms. The number of nitrogens with one attached hydrogen (secondary N) is 5. The van der Waals surface area contributed by atoms with Crippen LogP contribution >= 0.6 is 0 Å². The van der Waals surface area contributed by atoms with Crippen LogP contribution in [0.15, 0.2) is 18.2 Å². The van der Waals surface area contributed by atoms with Crippen LogP contribution in [-0.4, -0.2) is 199 Å². The number of carbonyl (C=O) groups excluding carboxylic acids is 7. The van der Waals surface area contributed by atoms with E-state index >= 15 is 0 Å². The smallest absolute Gasteiger partial charge is 0.408 e. The number of rotatable bonds is 8. The quantitative estimate of drug-likeness (QED) is 0.109. The number of methoxy groups -OCH3 is 1. The molecule has 24 nitrogen and oxygen atoms in total. The highest BCUT2D eigenvalue weighted by Crippen LogP contribution is 2.28. The maximum Gasteiger partial charge on any atom is 0.408 e. The van der Waals surface area contributed by atoms with Crippen LogP contribution in [0.5, 0.6) is 11.5 Å². The summed E-state index contributed by atoms with van der Waals surface area (Å²) in [7, 11) is 1.26. The van der Waals surface area contributed by atoms with Gasteiger partial charge in [0.1, 0.15) is 41.9 Å². The Labute approximate surface area is 374 Å². The molecule has 7 amide bonds. The largest absolute Gasteiger partial charge is 0.504 e. The van der Waals surface area contributed by atoms with E-state index in [0.717, 1.165) is 16.7 Å². The SMILES string of the molecule is [C-]#[N+]C[C@@H](O)[C@@H]1NC(=O)[C@H]([C@H](O)Cc2ccc(O)c(OC)c2)NC(=O)[C@@H]2C[C@@H](O)CN2C(=O)[C@H]([C@@H](C)O)NC(=O)C(NC(=O)OC(C)(C)C)C[C@@H](O)CNC(=O)[C@@H]2[C@@H](O)[C@@H](C)CN2C1=O. The normalized spacial score (nSPS) is 30.2. The molecule has 1 aromatic carbocycles. The molecule has 3 aliphatic heterocycles. The molecule has 3 saturated heterocycles. The average Bonchev–Trinajstić information content (AvgIpc) is 3.76. The van der Waals surface area contributed by atoms with E-state index in [0.29, 0.717) is 0 Å². The standard InChI is InChI=1S/C41H60N8O16/c1-18-16-49-32(33(18)56)37(60)43-14-21(51)12-23(44-40(63)65-41(3,4)5)34(57)45-29(19(2)50)38(61)48-17-22(52)13-24(48)35(58)46-30(36(59)47-31(39(49)62)27(55)15-42-6)26(54)10-20-8-9-25(53)28(11-20)64-7/h8-9,11,18-19,21-24,26-27,29-33,50-56H,10,12-17H2,1-5,7H3,(H,43,60)(H,44,63)(H,45,57)(H,46,58)(H,47,59)/t18-,19+,21+,22+,23?,24-,26+,27+,29-,30-,31-,32-,33-/m0/s1. The fourth-order valence-corrected chi connectivity index (χ4v) is 7.78. The first kappa shape index (κ1) is 51.8. The first-order valence-electron chi connectivity index (χ1n) is 20.9. The molecule has 0 radical (unpaired) electrons. The zero-order valence-electron chi connectivity index (χ0n) is 36.8. The second-order valence-corrected chi connectivity index (χ2v) is 17.5.